The summed E-state index contributed by atoms with van der Waals surface area (Å²) in [5, 5.41) is 0. The van der Waals surface area contributed by atoms with Crippen molar-refractivity contribution in [3.63, 3.8) is 0 Å². The van der Waals surface area contributed by atoms with E-state index in [0.29, 0.717) is 5.56 Å². The van der Waals surface area contributed by atoms with Crippen molar-refractivity contribution in [3.8, 4) is 5.75 Å². The van der Waals surface area contributed by atoms with Crippen LogP contribution in [0, 0.1) is 6.92 Å². The third-order valence-electron chi connectivity index (χ3n) is 5.51. The lowest BCUT2D eigenvalue weighted by molar-refractivity contribution is -0.274. The van der Waals surface area contributed by atoms with Gasteiger partial charge in [-0.15, -0.1) is 13.2 Å². The number of halogens is 3. The Morgan fingerprint density at radius 3 is 2.54 bits per heavy atom. The first kappa shape index (κ1) is 18.8. The molecule has 1 amide bonds. The minimum atomic E-state index is -4.75. The van der Waals surface area contributed by atoms with Crippen LogP contribution in [0.4, 0.5) is 18.9 Å². The number of likely N-dealkylation sites (tertiary alicyclic amines) is 1. The molecule has 2 aromatic carbocycles. The number of amides is 1. The number of carbonyl (C=O) groups is 1. The maximum Gasteiger partial charge on any atom is 0.573 e. The van der Waals surface area contributed by atoms with Crippen LogP contribution in [0.25, 0.3) is 0 Å². The Morgan fingerprint density at radius 2 is 1.86 bits per heavy atom. The lowest BCUT2D eigenvalue weighted by atomic mass is 9.88. The number of likely N-dealkylation sites (N-methyl/N-ethyl adjacent to an activating group) is 1. The van der Waals surface area contributed by atoms with Crippen LogP contribution in [0.2, 0.25) is 0 Å². The molecule has 0 saturated carbocycles. The molecule has 4 nitrogen and oxygen atoms in total. The normalized spacial score (nSPS) is 22.0. The molecule has 0 aromatic heterocycles. The van der Waals surface area contributed by atoms with Crippen LogP contribution in [0.5, 0.6) is 5.75 Å². The number of ether oxygens (including phenoxy) is 1. The SMILES string of the molecule is Cc1ccc2c(c1)C1CN(C)CCC1N2C(=O)c1ccc(OC(F)(F)F)cc1. The summed E-state index contributed by atoms with van der Waals surface area (Å²) in [6.45, 7) is 3.81. The first-order valence-corrected chi connectivity index (χ1v) is 9.21. The second-order valence-corrected chi connectivity index (χ2v) is 7.53. The maximum absolute atomic E-state index is 13.3. The zero-order valence-corrected chi connectivity index (χ0v) is 15.7. The van der Waals surface area contributed by atoms with E-state index < -0.39 is 6.36 Å². The monoisotopic (exact) mass is 390 g/mol. The number of rotatable bonds is 2. The first-order chi connectivity index (χ1) is 13.2. The van der Waals surface area contributed by atoms with Crippen LogP contribution in [0.15, 0.2) is 42.5 Å². The molecule has 0 bridgehead atoms. The maximum atomic E-state index is 13.3. The Morgan fingerprint density at radius 1 is 1.14 bits per heavy atom. The number of aryl methyl sites for hydroxylation is 1. The number of hydrogen-bond donors (Lipinski definition) is 0. The van der Waals surface area contributed by atoms with Crippen LogP contribution >= 0.6 is 0 Å². The Balaban J connectivity index is 1.65. The van der Waals surface area contributed by atoms with Crippen LogP contribution in [0.1, 0.15) is 33.8 Å². The summed E-state index contributed by atoms with van der Waals surface area (Å²) in [4.78, 5) is 17.4. The molecular formula is C21H21F3N2O2. The smallest absolute Gasteiger partial charge is 0.406 e. The zero-order valence-electron chi connectivity index (χ0n) is 15.7. The summed E-state index contributed by atoms with van der Waals surface area (Å²) in [5.74, 6) is -0.287. The highest BCUT2D eigenvalue weighted by molar-refractivity contribution is 6.08. The Hall–Kier alpha value is -2.54. The lowest BCUT2D eigenvalue weighted by Crippen LogP contribution is -2.47. The van der Waals surface area contributed by atoms with Gasteiger partial charge in [0, 0.05) is 29.8 Å². The third-order valence-corrected chi connectivity index (χ3v) is 5.51. The number of alkyl halides is 3. The minimum Gasteiger partial charge on any atom is -0.406 e. The highest BCUT2D eigenvalue weighted by Crippen LogP contribution is 2.45. The standard InChI is InChI=1S/C21H21F3N2O2/c1-13-3-8-18-16(11-13)17-12-25(2)10-9-19(17)26(18)20(27)14-4-6-15(7-5-14)28-21(22,23)24/h3-8,11,17,19H,9-10,12H2,1-2H3. The molecule has 0 radical (unpaired) electrons. The van der Waals surface area contributed by atoms with Gasteiger partial charge in [0.05, 0.1) is 0 Å². The summed E-state index contributed by atoms with van der Waals surface area (Å²) in [5.41, 5.74) is 3.56. The topological polar surface area (TPSA) is 32.8 Å². The zero-order chi connectivity index (χ0) is 20.1. The van der Waals surface area contributed by atoms with Crippen molar-refractivity contribution in [1.29, 1.82) is 0 Å². The summed E-state index contributed by atoms with van der Waals surface area (Å²) in [6.07, 6.45) is -3.89. The molecule has 2 aromatic rings. The van der Waals surface area contributed by atoms with Gasteiger partial charge in [0.1, 0.15) is 5.75 Å². The molecule has 2 heterocycles. The van der Waals surface area contributed by atoms with Crippen molar-refractivity contribution >= 4 is 11.6 Å². The van der Waals surface area contributed by atoms with E-state index in [1.54, 1.807) is 0 Å². The van der Waals surface area contributed by atoms with Gasteiger partial charge in [-0.3, -0.25) is 4.79 Å². The van der Waals surface area contributed by atoms with E-state index in [0.717, 1.165) is 30.8 Å². The van der Waals surface area contributed by atoms with Crippen molar-refractivity contribution in [1.82, 2.24) is 4.90 Å². The van der Waals surface area contributed by atoms with Gasteiger partial charge in [-0.2, -0.15) is 0 Å². The Bertz CT molecular complexity index is 896. The van der Waals surface area contributed by atoms with Gasteiger partial charge >= 0.3 is 6.36 Å². The molecule has 7 heteroatoms. The second kappa shape index (κ2) is 6.81. The van der Waals surface area contributed by atoms with Crippen LogP contribution in [-0.2, 0) is 0 Å². The van der Waals surface area contributed by atoms with E-state index in [9.17, 15) is 18.0 Å². The molecule has 2 unspecified atom stereocenters. The number of nitrogens with zero attached hydrogens (tertiary/aromatic N) is 2. The van der Waals surface area contributed by atoms with Crippen LogP contribution < -0.4 is 9.64 Å². The molecule has 4 rings (SSSR count). The van der Waals surface area contributed by atoms with E-state index in [2.05, 4.69) is 22.8 Å². The van der Waals surface area contributed by atoms with Gasteiger partial charge in [-0.1, -0.05) is 17.7 Å². The molecule has 28 heavy (non-hydrogen) atoms. The van der Waals surface area contributed by atoms with Crippen molar-refractivity contribution in [3.05, 3.63) is 59.2 Å². The van der Waals surface area contributed by atoms with Crippen molar-refractivity contribution in [2.24, 2.45) is 0 Å². The molecule has 0 N–H and O–H groups in total. The number of anilines is 1. The number of benzene rings is 2. The van der Waals surface area contributed by atoms with E-state index in [1.807, 2.05) is 24.0 Å². The number of fused-ring (bicyclic) bond motifs is 3. The van der Waals surface area contributed by atoms with E-state index in [1.165, 1.54) is 29.8 Å². The first-order valence-electron chi connectivity index (χ1n) is 9.21. The average Bonchev–Trinajstić information content (AvgIpc) is 2.93. The van der Waals surface area contributed by atoms with Gasteiger partial charge in [0.15, 0.2) is 0 Å². The van der Waals surface area contributed by atoms with Crippen molar-refractivity contribution in [2.75, 3.05) is 25.0 Å². The summed E-state index contributed by atoms with van der Waals surface area (Å²) in [6, 6.07) is 11.3. The van der Waals surface area contributed by atoms with Gasteiger partial charge < -0.3 is 14.5 Å². The van der Waals surface area contributed by atoms with Crippen molar-refractivity contribution in [2.45, 2.75) is 31.7 Å². The summed E-state index contributed by atoms with van der Waals surface area (Å²) in [7, 11) is 2.08. The number of piperidine rings is 1. The summed E-state index contributed by atoms with van der Waals surface area (Å²) < 4.78 is 41.0. The predicted molar refractivity (Wildman–Crippen MR) is 99.8 cm³/mol. The molecule has 0 aliphatic carbocycles. The molecule has 0 spiro atoms. The summed E-state index contributed by atoms with van der Waals surface area (Å²) >= 11 is 0. The number of hydrogen-bond acceptors (Lipinski definition) is 3. The molecule has 2 aliphatic rings. The highest BCUT2D eigenvalue weighted by Gasteiger charge is 2.44. The van der Waals surface area contributed by atoms with E-state index >= 15 is 0 Å². The van der Waals surface area contributed by atoms with Crippen molar-refractivity contribution < 1.29 is 22.7 Å². The highest BCUT2D eigenvalue weighted by atomic mass is 19.4. The molecule has 1 saturated heterocycles. The number of carbonyl (C=O) groups excluding carboxylic acids is 1. The molecule has 1 fully saturated rings. The fourth-order valence-electron chi connectivity index (χ4n) is 4.28. The van der Waals surface area contributed by atoms with Gasteiger partial charge in [-0.05, 0) is 62.8 Å². The third kappa shape index (κ3) is 3.46. The van der Waals surface area contributed by atoms with Gasteiger partial charge in [0.2, 0.25) is 0 Å². The fourth-order valence-corrected chi connectivity index (χ4v) is 4.28. The Labute approximate surface area is 161 Å². The predicted octanol–water partition coefficient (Wildman–Crippen LogP) is 4.34. The molecular weight excluding hydrogens is 369 g/mol. The fraction of sp³-hybridized carbons (Fsp3) is 0.381. The molecule has 2 aliphatic heterocycles. The minimum absolute atomic E-state index is 0.0617. The van der Waals surface area contributed by atoms with E-state index in [-0.39, 0.29) is 23.6 Å². The van der Waals surface area contributed by atoms with Gasteiger partial charge in [-0.25, -0.2) is 0 Å². The largest absolute Gasteiger partial charge is 0.573 e. The molecule has 148 valence electrons. The van der Waals surface area contributed by atoms with E-state index in [4.69, 9.17) is 0 Å². The quantitative estimate of drug-likeness (QED) is 0.765. The Kier molecular flexibility index (Phi) is 4.57. The molecule has 2 atom stereocenters. The van der Waals surface area contributed by atoms with Crippen LogP contribution in [-0.4, -0.2) is 43.3 Å². The van der Waals surface area contributed by atoms with Crippen LogP contribution in [0.3, 0.4) is 0 Å². The average molecular weight is 390 g/mol. The van der Waals surface area contributed by atoms with Gasteiger partial charge in [0.25, 0.3) is 5.91 Å². The lowest BCUT2D eigenvalue weighted by Gasteiger charge is -2.36. The second-order valence-electron chi connectivity index (χ2n) is 7.53.